The Kier molecular flexibility index (Phi) is 6.37. The van der Waals surface area contributed by atoms with Crippen LogP contribution in [-0.4, -0.2) is 20.9 Å². The van der Waals surface area contributed by atoms with Crippen LogP contribution < -0.4 is 10.5 Å². The number of nitrogens with two attached hydrogens (primary N) is 1. The lowest BCUT2D eigenvalue weighted by Crippen LogP contribution is -2.26. The van der Waals surface area contributed by atoms with Crippen LogP contribution >= 0.6 is 15.9 Å². The third-order valence-corrected chi connectivity index (χ3v) is 4.85. The molecule has 1 amide bonds. The van der Waals surface area contributed by atoms with Gasteiger partial charge in [-0.1, -0.05) is 29.8 Å². The highest BCUT2D eigenvalue weighted by Gasteiger charge is 2.17. The smallest absolute Gasteiger partial charge is 0.251 e. The van der Waals surface area contributed by atoms with E-state index in [1.807, 2.05) is 0 Å². The van der Waals surface area contributed by atoms with Gasteiger partial charge >= 0.3 is 0 Å². The molecule has 0 fully saturated rings. The summed E-state index contributed by atoms with van der Waals surface area (Å²) in [6.07, 6.45) is 1.92. The number of amides is 1. The van der Waals surface area contributed by atoms with Crippen molar-refractivity contribution in [2.75, 3.05) is 6.54 Å². The lowest BCUT2D eigenvalue weighted by atomic mass is 10.1. The number of rotatable bonds is 6. The van der Waals surface area contributed by atoms with Crippen LogP contribution in [0.2, 0.25) is 0 Å². The Morgan fingerprint density at radius 3 is 2.52 bits per heavy atom. The van der Waals surface area contributed by atoms with Crippen molar-refractivity contribution in [1.82, 2.24) is 5.32 Å². The fourth-order valence-electron chi connectivity index (χ4n) is 1.86. The van der Waals surface area contributed by atoms with Crippen LogP contribution in [0.25, 0.3) is 0 Å². The van der Waals surface area contributed by atoms with E-state index in [0.717, 1.165) is 12.8 Å². The molecule has 1 aromatic rings. The van der Waals surface area contributed by atoms with Gasteiger partial charge in [0.25, 0.3) is 5.91 Å². The molecule has 0 aliphatic rings. The highest BCUT2D eigenvalue weighted by atomic mass is 79.9. The zero-order valence-electron chi connectivity index (χ0n) is 12.4. The minimum absolute atomic E-state index is 0.0766. The van der Waals surface area contributed by atoms with E-state index in [0.29, 0.717) is 28.1 Å². The average Bonchev–Trinajstić information content (AvgIpc) is 2.35. The second-order valence-electron chi connectivity index (χ2n) is 5.41. The van der Waals surface area contributed by atoms with E-state index in [1.165, 1.54) is 12.1 Å². The average molecular weight is 377 g/mol. The van der Waals surface area contributed by atoms with Gasteiger partial charge in [0, 0.05) is 16.6 Å². The molecular formula is C14H21BrN2O3S. The van der Waals surface area contributed by atoms with Crippen LogP contribution in [-0.2, 0) is 10.0 Å². The van der Waals surface area contributed by atoms with E-state index in [1.54, 1.807) is 6.92 Å². The van der Waals surface area contributed by atoms with Gasteiger partial charge in [-0.15, -0.1) is 0 Å². The van der Waals surface area contributed by atoms with Crippen molar-refractivity contribution < 1.29 is 13.2 Å². The number of hydrogen-bond donors (Lipinski definition) is 2. The van der Waals surface area contributed by atoms with Gasteiger partial charge in [0.2, 0.25) is 10.0 Å². The minimum Gasteiger partial charge on any atom is -0.352 e. The molecule has 0 saturated heterocycles. The second-order valence-corrected chi connectivity index (χ2v) is 7.83. The van der Waals surface area contributed by atoms with E-state index >= 15 is 0 Å². The number of carbonyl (C=O) groups is 1. The first kappa shape index (κ1) is 18.1. The molecule has 3 N–H and O–H groups in total. The Hall–Kier alpha value is -0.920. The van der Waals surface area contributed by atoms with Gasteiger partial charge in [-0.25, -0.2) is 13.6 Å². The Morgan fingerprint density at radius 2 is 2.00 bits per heavy atom. The summed E-state index contributed by atoms with van der Waals surface area (Å²) in [5.74, 6) is 0.297. The molecule has 1 aromatic carbocycles. The van der Waals surface area contributed by atoms with Gasteiger partial charge in [-0.05, 0) is 43.4 Å². The summed E-state index contributed by atoms with van der Waals surface area (Å²) >= 11 is 3.26. The standard InChI is InChI=1S/C14H21BrN2O3S/c1-9(2)5-4-6-17-14(18)12-7-11(21(16,19)20)8-13(15)10(12)3/h7-9H,4-6H2,1-3H3,(H,17,18)(H2,16,19,20). The van der Waals surface area contributed by atoms with Crippen molar-refractivity contribution in [3.05, 3.63) is 27.7 Å². The monoisotopic (exact) mass is 376 g/mol. The highest BCUT2D eigenvalue weighted by Crippen LogP contribution is 2.24. The largest absolute Gasteiger partial charge is 0.352 e. The molecule has 7 heteroatoms. The molecule has 118 valence electrons. The first-order chi connectivity index (χ1) is 9.62. The molecule has 0 bridgehead atoms. The van der Waals surface area contributed by atoms with Crippen LogP contribution in [0.5, 0.6) is 0 Å². The normalized spacial score (nSPS) is 11.7. The zero-order valence-corrected chi connectivity index (χ0v) is 14.8. The predicted octanol–water partition coefficient (Wildman–Crippen LogP) is 2.57. The summed E-state index contributed by atoms with van der Waals surface area (Å²) in [4.78, 5) is 12.1. The maximum absolute atomic E-state index is 12.2. The number of nitrogens with one attached hydrogen (secondary N) is 1. The van der Waals surface area contributed by atoms with E-state index in [-0.39, 0.29) is 10.8 Å². The van der Waals surface area contributed by atoms with Crippen LogP contribution in [0.15, 0.2) is 21.5 Å². The summed E-state index contributed by atoms with van der Waals surface area (Å²) in [5.41, 5.74) is 1.00. The molecular weight excluding hydrogens is 356 g/mol. The maximum Gasteiger partial charge on any atom is 0.251 e. The summed E-state index contributed by atoms with van der Waals surface area (Å²) in [5, 5.41) is 7.93. The van der Waals surface area contributed by atoms with Gasteiger partial charge in [-0.2, -0.15) is 0 Å². The molecule has 0 aliphatic heterocycles. The highest BCUT2D eigenvalue weighted by molar-refractivity contribution is 9.10. The van der Waals surface area contributed by atoms with E-state index in [4.69, 9.17) is 5.14 Å². The molecule has 0 spiro atoms. The first-order valence-corrected chi connectivity index (χ1v) is 9.08. The van der Waals surface area contributed by atoms with Crippen molar-refractivity contribution in [2.45, 2.75) is 38.5 Å². The van der Waals surface area contributed by atoms with Gasteiger partial charge in [0.05, 0.1) is 4.90 Å². The van der Waals surface area contributed by atoms with E-state index in [2.05, 4.69) is 35.1 Å². The van der Waals surface area contributed by atoms with Crippen LogP contribution in [0.3, 0.4) is 0 Å². The molecule has 0 aromatic heterocycles. The summed E-state index contributed by atoms with van der Waals surface area (Å²) in [6.45, 7) is 6.56. The van der Waals surface area contributed by atoms with Gasteiger partial charge in [0.1, 0.15) is 0 Å². The lowest BCUT2D eigenvalue weighted by Gasteiger charge is -2.11. The Bertz CT molecular complexity index is 627. The lowest BCUT2D eigenvalue weighted by molar-refractivity contribution is 0.0951. The van der Waals surface area contributed by atoms with Gasteiger partial charge in [-0.3, -0.25) is 4.79 Å². The fraction of sp³-hybridized carbons (Fsp3) is 0.500. The van der Waals surface area contributed by atoms with Crippen LogP contribution in [0, 0.1) is 12.8 Å². The maximum atomic E-state index is 12.2. The molecule has 21 heavy (non-hydrogen) atoms. The van der Waals surface area contributed by atoms with Crippen LogP contribution in [0.1, 0.15) is 42.6 Å². The summed E-state index contributed by atoms with van der Waals surface area (Å²) in [6, 6.07) is 2.72. The number of benzene rings is 1. The van der Waals surface area contributed by atoms with E-state index < -0.39 is 10.0 Å². The zero-order chi connectivity index (χ0) is 16.2. The third-order valence-electron chi connectivity index (χ3n) is 3.13. The molecule has 0 heterocycles. The first-order valence-electron chi connectivity index (χ1n) is 6.74. The van der Waals surface area contributed by atoms with Crippen LogP contribution in [0.4, 0.5) is 0 Å². The molecule has 0 radical (unpaired) electrons. The molecule has 0 unspecified atom stereocenters. The minimum atomic E-state index is -3.84. The Balaban J connectivity index is 2.91. The predicted molar refractivity (Wildman–Crippen MR) is 86.7 cm³/mol. The summed E-state index contributed by atoms with van der Waals surface area (Å²) in [7, 11) is -3.84. The molecule has 0 aliphatic carbocycles. The number of halogens is 1. The van der Waals surface area contributed by atoms with E-state index in [9.17, 15) is 13.2 Å². The molecule has 0 atom stereocenters. The Morgan fingerprint density at radius 1 is 1.38 bits per heavy atom. The molecule has 5 nitrogen and oxygen atoms in total. The van der Waals surface area contributed by atoms with Crippen molar-refractivity contribution in [1.29, 1.82) is 0 Å². The molecule has 1 rings (SSSR count). The van der Waals surface area contributed by atoms with Crippen molar-refractivity contribution in [2.24, 2.45) is 11.1 Å². The second kappa shape index (κ2) is 7.38. The number of primary sulfonamides is 1. The quantitative estimate of drug-likeness (QED) is 0.747. The number of carbonyl (C=O) groups excluding carboxylic acids is 1. The Labute approximate surface area is 134 Å². The third kappa shape index (κ3) is 5.41. The fourth-order valence-corrected chi connectivity index (χ4v) is 3.04. The van der Waals surface area contributed by atoms with Crippen molar-refractivity contribution >= 4 is 31.9 Å². The number of hydrogen-bond acceptors (Lipinski definition) is 3. The SMILES string of the molecule is Cc1c(Br)cc(S(N)(=O)=O)cc1C(=O)NCCCC(C)C. The molecule has 0 saturated carbocycles. The summed E-state index contributed by atoms with van der Waals surface area (Å²) < 4.78 is 23.4. The topological polar surface area (TPSA) is 89.3 Å². The van der Waals surface area contributed by atoms with Crippen molar-refractivity contribution in [3.8, 4) is 0 Å². The number of sulfonamides is 1. The van der Waals surface area contributed by atoms with Gasteiger partial charge in [0.15, 0.2) is 0 Å². The van der Waals surface area contributed by atoms with Gasteiger partial charge < -0.3 is 5.32 Å². The van der Waals surface area contributed by atoms with Crippen molar-refractivity contribution in [3.63, 3.8) is 0 Å².